The number of aryl methyl sites for hydroxylation is 1. The summed E-state index contributed by atoms with van der Waals surface area (Å²) in [7, 11) is 0. The number of carboxylic acid groups (broad SMARTS) is 1. The van der Waals surface area contributed by atoms with Gasteiger partial charge in [0.25, 0.3) is 0 Å². The van der Waals surface area contributed by atoms with Gasteiger partial charge in [-0.25, -0.2) is 0 Å². The number of amides is 1. The predicted molar refractivity (Wildman–Crippen MR) is 136 cm³/mol. The van der Waals surface area contributed by atoms with Crippen LogP contribution < -0.4 is 19.5 Å². The van der Waals surface area contributed by atoms with Crippen LogP contribution in [-0.4, -0.2) is 30.2 Å². The fourth-order valence-corrected chi connectivity index (χ4v) is 3.89. The molecule has 2 N–H and O–H groups in total. The first-order valence-electron chi connectivity index (χ1n) is 12.3. The van der Waals surface area contributed by atoms with Crippen molar-refractivity contribution in [3.05, 3.63) is 83.9 Å². The molecule has 1 aliphatic carbocycles. The Hall–Kier alpha value is -4.00. The van der Waals surface area contributed by atoms with E-state index in [2.05, 4.69) is 5.32 Å². The lowest BCUT2D eigenvalue weighted by Gasteiger charge is -2.24. The Morgan fingerprint density at radius 1 is 0.806 bits per heavy atom. The summed E-state index contributed by atoms with van der Waals surface area (Å²) in [4.78, 5) is 23.3. The van der Waals surface area contributed by atoms with Crippen LogP contribution in [0.5, 0.6) is 23.0 Å². The molecule has 0 unspecified atom stereocenters. The van der Waals surface area contributed by atoms with Gasteiger partial charge in [0.05, 0.1) is 0 Å². The molecule has 0 heterocycles. The number of hydrogen-bond acceptors (Lipinski definition) is 5. The number of aliphatic carboxylic acids is 1. The monoisotopic (exact) mass is 489 g/mol. The van der Waals surface area contributed by atoms with Crippen molar-refractivity contribution in [1.82, 2.24) is 5.32 Å². The lowest BCUT2D eigenvalue weighted by atomic mass is 9.85. The standard InChI is InChI=1S/C29H31NO6/c31-28(32)16-10-21-9-11-27(19-23(21)20-30-29(33)22-5-4-6-22)35-18-17-34-24-12-14-26(15-13-24)36-25-7-2-1-3-8-25/h1-3,7-9,11-15,19,22H,4-6,10,16-18,20H2,(H,30,33)(H,31,32). The van der Waals surface area contributed by atoms with Crippen molar-refractivity contribution in [3.63, 3.8) is 0 Å². The van der Waals surface area contributed by atoms with Crippen molar-refractivity contribution < 1.29 is 28.9 Å². The highest BCUT2D eigenvalue weighted by Gasteiger charge is 2.25. The first-order valence-corrected chi connectivity index (χ1v) is 12.3. The molecule has 188 valence electrons. The molecule has 7 heteroatoms. The molecule has 7 nitrogen and oxygen atoms in total. The maximum Gasteiger partial charge on any atom is 0.303 e. The number of nitrogens with one attached hydrogen (secondary N) is 1. The van der Waals surface area contributed by atoms with Gasteiger partial charge >= 0.3 is 5.97 Å². The van der Waals surface area contributed by atoms with E-state index in [0.717, 1.165) is 41.9 Å². The molecule has 1 amide bonds. The largest absolute Gasteiger partial charge is 0.490 e. The van der Waals surface area contributed by atoms with E-state index in [9.17, 15) is 9.59 Å². The minimum atomic E-state index is -0.850. The van der Waals surface area contributed by atoms with Crippen molar-refractivity contribution in [2.75, 3.05) is 13.2 Å². The van der Waals surface area contributed by atoms with E-state index >= 15 is 0 Å². The summed E-state index contributed by atoms with van der Waals surface area (Å²) in [6, 6.07) is 22.5. The first-order chi connectivity index (χ1) is 17.6. The average molecular weight is 490 g/mol. The molecule has 0 spiro atoms. The van der Waals surface area contributed by atoms with Crippen molar-refractivity contribution in [3.8, 4) is 23.0 Å². The summed E-state index contributed by atoms with van der Waals surface area (Å²) >= 11 is 0. The number of carbonyl (C=O) groups is 2. The smallest absolute Gasteiger partial charge is 0.303 e. The second kappa shape index (κ2) is 12.6. The van der Waals surface area contributed by atoms with E-state index < -0.39 is 5.97 Å². The van der Waals surface area contributed by atoms with Crippen LogP contribution in [0.25, 0.3) is 0 Å². The molecule has 1 saturated carbocycles. The molecule has 0 atom stereocenters. The summed E-state index contributed by atoms with van der Waals surface area (Å²) in [5.74, 6) is 2.17. The van der Waals surface area contributed by atoms with Gasteiger partial charge in [0, 0.05) is 18.9 Å². The van der Waals surface area contributed by atoms with Crippen LogP contribution in [0, 0.1) is 5.92 Å². The highest BCUT2D eigenvalue weighted by Crippen LogP contribution is 2.27. The van der Waals surface area contributed by atoms with Gasteiger partial charge in [-0.05, 0) is 78.9 Å². The molecule has 1 aliphatic rings. The summed E-state index contributed by atoms with van der Waals surface area (Å²) in [6.07, 6.45) is 3.40. The van der Waals surface area contributed by atoms with Crippen LogP contribution in [0.15, 0.2) is 72.8 Å². The SMILES string of the molecule is O=C(O)CCc1ccc(OCCOc2ccc(Oc3ccccc3)cc2)cc1CNC(=O)C1CCC1. The highest BCUT2D eigenvalue weighted by molar-refractivity contribution is 5.79. The third kappa shape index (κ3) is 7.50. The van der Waals surface area contributed by atoms with Gasteiger partial charge < -0.3 is 24.6 Å². The van der Waals surface area contributed by atoms with Crippen LogP contribution in [-0.2, 0) is 22.6 Å². The number of carbonyl (C=O) groups excluding carboxylic acids is 1. The maximum absolute atomic E-state index is 12.3. The second-order valence-corrected chi connectivity index (χ2v) is 8.75. The average Bonchev–Trinajstić information content (AvgIpc) is 2.85. The number of para-hydroxylation sites is 1. The molecule has 4 rings (SSSR count). The zero-order valence-corrected chi connectivity index (χ0v) is 20.2. The highest BCUT2D eigenvalue weighted by atomic mass is 16.5. The Balaban J connectivity index is 1.27. The molecule has 1 fully saturated rings. The molecule has 0 radical (unpaired) electrons. The third-order valence-electron chi connectivity index (χ3n) is 6.14. The van der Waals surface area contributed by atoms with Crippen molar-refractivity contribution >= 4 is 11.9 Å². The van der Waals surface area contributed by atoms with Gasteiger partial charge in [-0.2, -0.15) is 0 Å². The summed E-state index contributed by atoms with van der Waals surface area (Å²) in [5, 5.41) is 12.0. The normalized spacial score (nSPS) is 12.9. The lowest BCUT2D eigenvalue weighted by Crippen LogP contribution is -2.34. The Bertz CT molecular complexity index is 1140. The Morgan fingerprint density at radius 2 is 1.44 bits per heavy atom. The number of benzene rings is 3. The van der Waals surface area contributed by atoms with Crippen LogP contribution in [0.3, 0.4) is 0 Å². The third-order valence-corrected chi connectivity index (χ3v) is 6.14. The number of ether oxygens (including phenoxy) is 3. The first kappa shape index (κ1) is 25.1. The molecular formula is C29H31NO6. The topological polar surface area (TPSA) is 94.1 Å². The minimum Gasteiger partial charge on any atom is -0.490 e. The van der Waals surface area contributed by atoms with Gasteiger partial charge in [0.1, 0.15) is 36.2 Å². The molecule has 0 bridgehead atoms. The zero-order valence-electron chi connectivity index (χ0n) is 20.2. The van der Waals surface area contributed by atoms with Crippen LogP contribution in [0.1, 0.15) is 36.8 Å². The zero-order chi connectivity index (χ0) is 25.2. The predicted octanol–water partition coefficient (Wildman–Crippen LogP) is 5.37. The quantitative estimate of drug-likeness (QED) is 0.314. The van der Waals surface area contributed by atoms with E-state index in [1.165, 1.54) is 0 Å². The minimum absolute atomic E-state index is 0.0345. The van der Waals surface area contributed by atoms with Gasteiger partial charge in [-0.1, -0.05) is 30.7 Å². The number of carboxylic acids is 1. The summed E-state index contributed by atoms with van der Waals surface area (Å²) < 4.78 is 17.4. The Labute approximate surface area is 211 Å². The number of rotatable bonds is 13. The Morgan fingerprint density at radius 3 is 2.11 bits per heavy atom. The lowest BCUT2D eigenvalue weighted by molar-refractivity contribution is -0.137. The fourth-order valence-electron chi connectivity index (χ4n) is 3.89. The molecule has 36 heavy (non-hydrogen) atoms. The summed E-state index contributed by atoms with van der Waals surface area (Å²) in [5.41, 5.74) is 1.77. The molecule has 0 aromatic heterocycles. The van der Waals surface area contributed by atoms with Crippen molar-refractivity contribution in [2.45, 2.75) is 38.6 Å². The van der Waals surface area contributed by atoms with E-state index in [1.54, 1.807) is 0 Å². The van der Waals surface area contributed by atoms with Gasteiger partial charge in [0.2, 0.25) is 5.91 Å². The van der Waals surface area contributed by atoms with Gasteiger partial charge in [-0.15, -0.1) is 0 Å². The van der Waals surface area contributed by atoms with E-state index in [4.69, 9.17) is 19.3 Å². The van der Waals surface area contributed by atoms with E-state index in [1.807, 2.05) is 72.8 Å². The molecule has 3 aromatic carbocycles. The van der Waals surface area contributed by atoms with E-state index in [0.29, 0.717) is 37.7 Å². The maximum atomic E-state index is 12.3. The van der Waals surface area contributed by atoms with Crippen LogP contribution in [0.2, 0.25) is 0 Å². The van der Waals surface area contributed by atoms with Gasteiger partial charge in [0.15, 0.2) is 0 Å². The second-order valence-electron chi connectivity index (χ2n) is 8.75. The molecule has 3 aromatic rings. The molecule has 0 saturated heterocycles. The molecule has 0 aliphatic heterocycles. The van der Waals surface area contributed by atoms with Crippen LogP contribution in [0.4, 0.5) is 0 Å². The van der Waals surface area contributed by atoms with Gasteiger partial charge in [-0.3, -0.25) is 9.59 Å². The van der Waals surface area contributed by atoms with Crippen molar-refractivity contribution in [2.24, 2.45) is 5.92 Å². The van der Waals surface area contributed by atoms with Crippen LogP contribution >= 0.6 is 0 Å². The summed E-state index contributed by atoms with van der Waals surface area (Å²) in [6.45, 7) is 1.05. The Kier molecular flexibility index (Phi) is 8.81. The fraction of sp³-hybridized carbons (Fsp3) is 0.310. The molecular weight excluding hydrogens is 458 g/mol. The van der Waals surface area contributed by atoms with Crippen molar-refractivity contribution in [1.29, 1.82) is 0 Å². The van der Waals surface area contributed by atoms with E-state index in [-0.39, 0.29) is 18.2 Å². The number of hydrogen-bond donors (Lipinski definition) is 2.